The molecule has 4 N–H and O–H groups in total. The van der Waals surface area contributed by atoms with Crippen LogP contribution < -0.4 is 11.5 Å². The quantitative estimate of drug-likeness (QED) is 0.647. The van der Waals surface area contributed by atoms with Crippen molar-refractivity contribution in [2.24, 2.45) is 0 Å². The van der Waals surface area contributed by atoms with Gasteiger partial charge in [0.15, 0.2) is 5.82 Å². The number of hydrogen-bond acceptors (Lipinski definition) is 6. The SMILES string of the molecule is Cc1ncc2ccc(-c3nc(N)nc(N)n3)cn12. The summed E-state index contributed by atoms with van der Waals surface area (Å²) in [5, 5.41) is 0. The molecule has 0 aliphatic heterocycles. The molecule has 3 aromatic rings. The number of nitrogens with two attached hydrogens (primary N) is 2. The van der Waals surface area contributed by atoms with E-state index in [0.29, 0.717) is 5.82 Å². The van der Waals surface area contributed by atoms with Gasteiger partial charge in [0.25, 0.3) is 0 Å². The smallest absolute Gasteiger partial charge is 0.225 e. The molecular formula is C11H11N7. The molecule has 0 aliphatic rings. The van der Waals surface area contributed by atoms with Crippen LogP contribution in [0.1, 0.15) is 5.82 Å². The average molecular weight is 241 g/mol. The van der Waals surface area contributed by atoms with E-state index in [4.69, 9.17) is 11.5 Å². The molecule has 0 saturated carbocycles. The van der Waals surface area contributed by atoms with Gasteiger partial charge in [-0.15, -0.1) is 0 Å². The molecule has 0 unspecified atom stereocenters. The molecule has 0 amide bonds. The number of rotatable bonds is 1. The lowest BCUT2D eigenvalue weighted by Crippen LogP contribution is -2.04. The molecule has 3 rings (SSSR count). The second kappa shape index (κ2) is 3.66. The largest absolute Gasteiger partial charge is 0.368 e. The molecule has 7 nitrogen and oxygen atoms in total. The van der Waals surface area contributed by atoms with Gasteiger partial charge < -0.3 is 15.9 Å². The number of aromatic nitrogens is 5. The number of nitrogens with zero attached hydrogens (tertiary/aromatic N) is 5. The topological polar surface area (TPSA) is 108 Å². The zero-order chi connectivity index (χ0) is 12.7. The lowest BCUT2D eigenvalue weighted by molar-refractivity contribution is 1.03. The molecule has 0 aromatic carbocycles. The van der Waals surface area contributed by atoms with Crippen molar-refractivity contribution in [1.29, 1.82) is 0 Å². The maximum absolute atomic E-state index is 5.56. The molecule has 3 heterocycles. The van der Waals surface area contributed by atoms with Crippen LogP contribution in [-0.4, -0.2) is 24.3 Å². The van der Waals surface area contributed by atoms with Gasteiger partial charge in [0.05, 0.1) is 11.7 Å². The highest BCUT2D eigenvalue weighted by Gasteiger charge is 2.07. The van der Waals surface area contributed by atoms with Gasteiger partial charge in [-0.3, -0.25) is 0 Å². The summed E-state index contributed by atoms with van der Waals surface area (Å²) in [5.41, 5.74) is 12.9. The molecule has 18 heavy (non-hydrogen) atoms. The van der Waals surface area contributed by atoms with Crippen molar-refractivity contribution in [1.82, 2.24) is 24.3 Å². The van der Waals surface area contributed by atoms with Crippen LogP contribution in [0.2, 0.25) is 0 Å². The van der Waals surface area contributed by atoms with Crippen molar-refractivity contribution < 1.29 is 0 Å². The Balaban J connectivity index is 2.21. The third kappa shape index (κ3) is 1.61. The van der Waals surface area contributed by atoms with Gasteiger partial charge in [0.2, 0.25) is 11.9 Å². The summed E-state index contributed by atoms with van der Waals surface area (Å²) in [6, 6.07) is 3.83. The van der Waals surface area contributed by atoms with E-state index in [1.165, 1.54) is 0 Å². The highest BCUT2D eigenvalue weighted by molar-refractivity contribution is 5.60. The van der Waals surface area contributed by atoms with E-state index in [2.05, 4.69) is 19.9 Å². The second-order valence-electron chi connectivity index (χ2n) is 3.89. The van der Waals surface area contributed by atoms with Crippen molar-refractivity contribution in [3.05, 3.63) is 30.4 Å². The van der Waals surface area contributed by atoms with Crippen LogP contribution in [0.4, 0.5) is 11.9 Å². The van der Waals surface area contributed by atoms with E-state index in [9.17, 15) is 0 Å². The fourth-order valence-corrected chi connectivity index (χ4v) is 1.79. The van der Waals surface area contributed by atoms with Crippen LogP contribution in [0.15, 0.2) is 24.5 Å². The van der Waals surface area contributed by atoms with Gasteiger partial charge >= 0.3 is 0 Å². The van der Waals surface area contributed by atoms with Gasteiger partial charge in [0.1, 0.15) is 5.82 Å². The fraction of sp³-hybridized carbons (Fsp3) is 0.0909. The number of pyridine rings is 1. The molecule has 0 atom stereocenters. The van der Waals surface area contributed by atoms with Gasteiger partial charge in [0, 0.05) is 11.8 Å². The third-order valence-corrected chi connectivity index (χ3v) is 2.64. The zero-order valence-corrected chi connectivity index (χ0v) is 9.70. The molecular weight excluding hydrogens is 230 g/mol. The molecule has 0 fully saturated rings. The van der Waals surface area contributed by atoms with Crippen LogP contribution in [0.3, 0.4) is 0 Å². The van der Waals surface area contributed by atoms with E-state index in [1.807, 2.05) is 29.7 Å². The van der Waals surface area contributed by atoms with Crippen molar-refractivity contribution in [2.45, 2.75) is 6.92 Å². The summed E-state index contributed by atoms with van der Waals surface area (Å²) in [6.45, 7) is 1.92. The van der Waals surface area contributed by atoms with Crippen molar-refractivity contribution in [3.63, 3.8) is 0 Å². The number of anilines is 2. The Kier molecular flexibility index (Phi) is 2.12. The number of nitrogen functional groups attached to an aromatic ring is 2. The lowest BCUT2D eigenvalue weighted by Gasteiger charge is -2.03. The minimum absolute atomic E-state index is 0.111. The second-order valence-corrected chi connectivity index (χ2v) is 3.89. The third-order valence-electron chi connectivity index (χ3n) is 2.64. The predicted molar refractivity (Wildman–Crippen MR) is 67.6 cm³/mol. The summed E-state index contributed by atoms with van der Waals surface area (Å²) in [6.07, 6.45) is 3.70. The Morgan fingerprint density at radius 1 is 1.06 bits per heavy atom. The normalized spacial score (nSPS) is 10.9. The first kappa shape index (κ1) is 10.5. The van der Waals surface area contributed by atoms with E-state index in [0.717, 1.165) is 16.9 Å². The number of fused-ring (bicyclic) bond motifs is 1. The molecule has 0 radical (unpaired) electrons. The number of imidazole rings is 1. The van der Waals surface area contributed by atoms with Crippen LogP contribution in [0, 0.1) is 6.92 Å². The Hall–Kier alpha value is -2.70. The Labute approximate surface area is 103 Å². The first-order valence-electron chi connectivity index (χ1n) is 5.34. The highest BCUT2D eigenvalue weighted by atomic mass is 15.1. The first-order chi connectivity index (χ1) is 8.63. The monoisotopic (exact) mass is 241 g/mol. The summed E-state index contributed by atoms with van der Waals surface area (Å²) in [5.74, 6) is 1.57. The lowest BCUT2D eigenvalue weighted by atomic mass is 10.2. The molecule has 0 saturated heterocycles. The number of aryl methyl sites for hydroxylation is 1. The van der Waals surface area contributed by atoms with E-state index in [1.54, 1.807) is 6.20 Å². The first-order valence-corrected chi connectivity index (χ1v) is 5.34. The van der Waals surface area contributed by atoms with E-state index < -0.39 is 0 Å². The summed E-state index contributed by atoms with van der Waals surface area (Å²) in [4.78, 5) is 16.1. The molecule has 0 spiro atoms. The minimum atomic E-state index is 0.111. The minimum Gasteiger partial charge on any atom is -0.368 e. The molecule has 90 valence electrons. The zero-order valence-electron chi connectivity index (χ0n) is 9.70. The van der Waals surface area contributed by atoms with Crippen molar-refractivity contribution >= 4 is 17.4 Å². The van der Waals surface area contributed by atoms with Crippen molar-refractivity contribution in [3.8, 4) is 11.4 Å². The maximum atomic E-state index is 5.56. The molecule has 0 aliphatic carbocycles. The van der Waals surface area contributed by atoms with Gasteiger partial charge in [-0.25, -0.2) is 4.98 Å². The molecule has 0 bridgehead atoms. The van der Waals surface area contributed by atoms with E-state index >= 15 is 0 Å². The summed E-state index contributed by atoms with van der Waals surface area (Å²) < 4.78 is 1.95. The molecule has 3 aromatic heterocycles. The van der Waals surface area contributed by atoms with Crippen LogP contribution in [0.25, 0.3) is 16.9 Å². The Morgan fingerprint density at radius 3 is 2.50 bits per heavy atom. The maximum Gasteiger partial charge on any atom is 0.225 e. The number of hydrogen-bond donors (Lipinski definition) is 2. The van der Waals surface area contributed by atoms with Crippen LogP contribution in [-0.2, 0) is 0 Å². The summed E-state index contributed by atoms with van der Waals surface area (Å²) >= 11 is 0. The highest BCUT2D eigenvalue weighted by Crippen LogP contribution is 2.18. The van der Waals surface area contributed by atoms with Gasteiger partial charge in [-0.05, 0) is 19.1 Å². The standard InChI is InChI=1S/C11H11N7/c1-6-14-4-8-3-2-7(5-18(6)8)9-15-10(12)17-11(13)16-9/h2-5H,1H3,(H4,12,13,15,16,17). The van der Waals surface area contributed by atoms with Crippen molar-refractivity contribution in [2.75, 3.05) is 11.5 Å². The van der Waals surface area contributed by atoms with Crippen LogP contribution in [0.5, 0.6) is 0 Å². The Bertz CT molecular complexity index is 711. The average Bonchev–Trinajstić information content (AvgIpc) is 2.69. The van der Waals surface area contributed by atoms with Crippen LogP contribution >= 0.6 is 0 Å². The fourth-order valence-electron chi connectivity index (χ4n) is 1.79. The Morgan fingerprint density at radius 2 is 1.78 bits per heavy atom. The molecule has 7 heteroatoms. The summed E-state index contributed by atoms with van der Waals surface area (Å²) in [7, 11) is 0. The van der Waals surface area contributed by atoms with E-state index in [-0.39, 0.29) is 11.9 Å². The predicted octanol–water partition coefficient (Wildman–Crippen LogP) is 0.659. The van der Waals surface area contributed by atoms with Gasteiger partial charge in [-0.2, -0.15) is 15.0 Å². The van der Waals surface area contributed by atoms with Gasteiger partial charge in [-0.1, -0.05) is 0 Å².